The van der Waals surface area contributed by atoms with Crippen molar-refractivity contribution in [1.29, 1.82) is 0 Å². The van der Waals surface area contributed by atoms with Crippen LogP contribution in [-0.2, 0) is 20.3 Å². The SMILES string of the molecule is COc1ccc(S(=O)(=O)Cc2cc(N3CCOCC3)nc(-c3ccc4[nH]ccc4c3)n2)cc1. The highest BCUT2D eigenvalue weighted by Gasteiger charge is 2.21. The molecular weight excluding hydrogens is 440 g/mol. The van der Waals surface area contributed by atoms with Crippen LogP contribution in [0, 0.1) is 0 Å². The van der Waals surface area contributed by atoms with Crippen LogP contribution < -0.4 is 9.64 Å². The number of hydrogen-bond acceptors (Lipinski definition) is 7. The van der Waals surface area contributed by atoms with Crippen molar-refractivity contribution in [1.82, 2.24) is 15.0 Å². The Labute approximate surface area is 192 Å². The van der Waals surface area contributed by atoms with Gasteiger partial charge in [-0.25, -0.2) is 18.4 Å². The fourth-order valence-corrected chi connectivity index (χ4v) is 5.15. The Bertz CT molecular complexity index is 1380. The molecule has 1 aliphatic heterocycles. The third-order valence-electron chi connectivity index (χ3n) is 5.67. The lowest BCUT2D eigenvalue weighted by molar-refractivity contribution is 0.122. The number of nitrogens with one attached hydrogen (secondary N) is 1. The molecule has 170 valence electrons. The molecule has 33 heavy (non-hydrogen) atoms. The molecule has 4 aromatic rings. The summed E-state index contributed by atoms with van der Waals surface area (Å²) in [5, 5.41) is 1.04. The molecule has 0 aliphatic carbocycles. The van der Waals surface area contributed by atoms with Crippen molar-refractivity contribution >= 4 is 26.6 Å². The maximum Gasteiger partial charge on any atom is 0.184 e. The van der Waals surface area contributed by atoms with Crippen molar-refractivity contribution in [3.8, 4) is 17.1 Å². The van der Waals surface area contributed by atoms with Crippen LogP contribution in [0.2, 0.25) is 0 Å². The maximum atomic E-state index is 13.1. The molecule has 3 heterocycles. The fourth-order valence-electron chi connectivity index (χ4n) is 3.89. The Kier molecular flexibility index (Phi) is 5.74. The third kappa shape index (κ3) is 4.55. The van der Waals surface area contributed by atoms with Crippen molar-refractivity contribution in [3.05, 3.63) is 66.5 Å². The number of nitrogens with zero attached hydrogens (tertiary/aromatic N) is 3. The molecule has 5 rings (SSSR count). The monoisotopic (exact) mass is 464 g/mol. The Morgan fingerprint density at radius 1 is 1.03 bits per heavy atom. The zero-order valence-corrected chi connectivity index (χ0v) is 19.0. The summed E-state index contributed by atoms with van der Waals surface area (Å²) < 4.78 is 36.9. The molecule has 1 N–H and O–H groups in total. The molecule has 1 aliphatic rings. The van der Waals surface area contributed by atoms with E-state index < -0.39 is 9.84 Å². The average Bonchev–Trinajstić information content (AvgIpc) is 3.32. The number of benzene rings is 2. The highest BCUT2D eigenvalue weighted by molar-refractivity contribution is 7.90. The van der Waals surface area contributed by atoms with Crippen molar-refractivity contribution in [2.24, 2.45) is 0 Å². The zero-order valence-electron chi connectivity index (χ0n) is 18.2. The summed E-state index contributed by atoms with van der Waals surface area (Å²) in [6.45, 7) is 2.60. The van der Waals surface area contributed by atoms with E-state index in [0.717, 1.165) is 16.5 Å². The van der Waals surface area contributed by atoms with Crippen molar-refractivity contribution < 1.29 is 17.9 Å². The van der Waals surface area contributed by atoms with Crippen LogP contribution in [0.4, 0.5) is 5.82 Å². The van der Waals surface area contributed by atoms with Gasteiger partial charge in [0.2, 0.25) is 0 Å². The second-order valence-corrected chi connectivity index (χ2v) is 9.84. The normalized spacial score (nSPS) is 14.5. The van der Waals surface area contributed by atoms with Gasteiger partial charge in [-0.05, 0) is 48.5 Å². The van der Waals surface area contributed by atoms with Gasteiger partial charge in [0.25, 0.3) is 0 Å². The number of methoxy groups -OCH3 is 1. The summed E-state index contributed by atoms with van der Waals surface area (Å²) in [4.78, 5) is 14.9. The molecule has 0 spiro atoms. The first-order valence-electron chi connectivity index (χ1n) is 10.7. The Balaban J connectivity index is 1.54. The molecule has 9 heteroatoms. The molecule has 2 aromatic carbocycles. The highest BCUT2D eigenvalue weighted by atomic mass is 32.2. The summed E-state index contributed by atoms with van der Waals surface area (Å²) in [5.41, 5.74) is 2.30. The first-order chi connectivity index (χ1) is 16.0. The van der Waals surface area contributed by atoms with Crippen LogP contribution in [-0.4, -0.2) is 56.8 Å². The topological polar surface area (TPSA) is 97.4 Å². The quantitative estimate of drug-likeness (QED) is 0.467. The van der Waals surface area contributed by atoms with Gasteiger partial charge < -0.3 is 19.4 Å². The molecule has 8 nitrogen and oxygen atoms in total. The number of aromatic amines is 1. The highest BCUT2D eigenvalue weighted by Crippen LogP contribution is 2.26. The van der Waals surface area contributed by atoms with Gasteiger partial charge in [0.15, 0.2) is 15.7 Å². The summed E-state index contributed by atoms with van der Waals surface area (Å²) >= 11 is 0. The second kappa shape index (κ2) is 8.84. The second-order valence-electron chi connectivity index (χ2n) is 7.85. The Morgan fingerprint density at radius 3 is 2.58 bits per heavy atom. The van der Waals surface area contributed by atoms with Gasteiger partial charge in [-0.15, -0.1) is 0 Å². The van der Waals surface area contributed by atoms with E-state index in [0.29, 0.717) is 49.4 Å². The standard InChI is InChI=1S/C24H24N4O4S/c1-31-20-3-5-21(6-4-20)33(29,30)16-19-15-23(28-10-12-32-13-11-28)27-24(26-19)18-2-7-22-17(14-18)8-9-25-22/h2-9,14-15,25H,10-13,16H2,1H3. The van der Waals surface area contributed by atoms with E-state index in [1.165, 1.54) is 0 Å². The van der Waals surface area contributed by atoms with Gasteiger partial charge in [0.05, 0.1) is 36.7 Å². The van der Waals surface area contributed by atoms with Crippen molar-refractivity contribution in [2.75, 3.05) is 38.3 Å². The number of rotatable bonds is 6. The number of ether oxygens (including phenoxy) is 2. The van der Waals surface area contributed by atoms with Gasteiger partial charge in [-0.3, -0.25) is 0 Å². The number of fused-ring (bicyclic) bond motifs is 1. The van der Waals surface area contributed by atoms with Gasteiger partial charge >= 0.3 is 0 Å². The minimum atomic E-state index is -3.60. The minimum absolute atomic E-state index is 0.224. The van der Waals surface area contributed by atoms with Crippen LogP contribution in [0.15, 0.2) is 65.7 Å². The Morgan fingerprint density at radius 2 is 1.82 bits per heavy atom. The summed E-state index contributed by atoms with van der Waals surface area (Å²) in [6.07, 6.45) is 1.88. The van der Waals surface area contributed by atoms with Gasteiger partial charge in [-0.1, -0.05) is 0 Å². The molecule has 0 radical (unpaired) electrons. The van der Waals surface area contributed by atoms with E-state index in [9.17, 15) is 8.42 Å². The van der Waals surface area contributed by atoms with E-state index in [4.69, 9.17) is 14.5 Å². The maximum absolute atomic E-state index is 13.1. The first kappa shape index (κ1) is 21.4. The van der Waals surface area contributed by atoms with Crippen LogP contribution in [0.1, 0.15) is 5.69 Å². The predicted octanol–water partition coefficient (Wildman–Crippen LogP) is 3.44. The predicted molar refractivity (Wildman–Crippen MR) is 126 cm³/mol. The molecule has 1 saturated heterocycles. The molecule has 0 amide bonds. The largest absolute Gasteiger partial charge is 0.497 e. The number of anilines is 1. The number of aromatic nitrogens is 3. The van der Waals surface area contributed by atoms with E-state index in [1.807, 2.05) is 30.5 Å². The molecule has 0 atom stereocenters. The summed E-state index contributed by atoms with van der Waals surface area (Å²) in [6, 6.07) is 16.1. The van der Waals surface area contributed by atoms with Gasteiger partial charge in [0.1, 0.15) is 11.6 Å². The molecule has 0 unspecified atom stereocenters. The summed E-state index contributed by atoms with van der Waals surface area (Å²) in [7, 11) is -2.06. The lowest BCUT2D eigenvalue weighted by Gasteiger charge is -2.28. The van der Waals surface area contributed by atoms with E-state index in [2.05, 4.69) is 14.9 Å². The summed E-state index contributed by atoms with van der Waals surface area (Å²) in [5.74, 6) is 1.59. The van der Waals surface area contributed by atoms with E-state index >= 15 is 0 Å². The zero-order chi connectivity index (χ0) is 22.8. The number of morpholine rings is 1. The third-order valence-corrected chi connectivity index (χ3v) is 7.33. The molecule has 0 saturated carbocycles. The molecule has 1 fully saturated rings. The Hall–Kier alpha value is -3.43. The number of sulfone groups is 1. The van der Waals surface area contributed by atoms with Crippen molar-refractivity contribution in [2.45, 2.75) is 10.6 Å². The van der Waals surface area contributed by atoms with Crippen LogP contribution in [0.3, 0.4) is 0 Å². The lowest BCUT2D eigenvalue weighted by Crippen LogP contribution is -2.37. The minimum Gasteiger partial charge on any atom is -0.497 e. The van der Waals surface area contributed by atoms with Gasteiger partial charge in [-0.2, -0.15) is 0 Å². The van der Waals surface area contributed by atoms with Crippen LogP contribution in [0.25, 0.3) is 22.3 Å². The van der Waals surface area contributed by atoms with E-state index in [-0.39, 0.29) is 10.6 Å². The average molecular weight is 465 g/mol. The molecule has 2 aromatic heterocycles. The number of hydrogen-bond donors (Lipinski definition) is 1. The molecular formula is C24H24N4O4S. The molecule has 0 bridgehead atoms. The number of H-pyrrole nitrogens is 1. The lowest BCUT2D eigenvalue weighted by atomic mass is 10.1. The van der Waals surface area contributed by atoms with Gasteiger partial charge in [0, 0.05) is 41.8 Å². The van der Waals surface area contributed by atoms with Crippen LogP contribution in [0.5, 0.6) is 5.75 Å². The fraction of sp³-hybridized carbons (Fsp3) is 0.250. The first-order valence-corrected chi connectivity index (χ1v) is 12.3. The van der Waals surface area contributed by atoms with Crippen molar-refractivity contribution in [3.63, 3.8) is 0 Å². The van der Waals surface area contributed by atoms with Crippen LogP contribution >= 0.6 is 0 Å². The smallest absolute Gasteiger partial charge is 0.184 e. The van der Waals surface area contributed by atoms with E-state index in [1.54, 1.807) is 37.4 Å².